The number of para-hydroxylation sites is 3. The maximum atomic E-state index is 6.05. The Morgan fingerprint density at radius 3 is 2.48 bits per heavy atom. The first-order valence-corrected chi connectivity index (χ1v) is 9.50. The van der Waals surface area contributed by atoms with Gasteiger partial charge in [-0.05, 0) is 61.4 Å². The molecule has 4 aromatic rings. The van der Waals surface area contributed by atoms with Gasteiger partial charge in [0.1, 0.15) is 11.6 Å². The monoisotopic (exact) mass is 376 g/mol. The highest BCUT2D eigenvalue weighted by atomic mass is 35.5. The van der Waals surface area contributed by atoms with Crippen molar-refractivity contribution in [3.05, 3.63) is 83.4 Å². The normalized spacial score (nSPS) is 11.0. The molecule has 0 amide bonds. The van der Waals surface area contributed by atoms with Crippen LogP contribution in [-0.2, 0) is 6.54 Å². The molecule has 0 N–H and O–H groups in total. The molecule has 0 aliphatic rings. The minimum atomic E-state index is 0.664. The number of ether oxygens (including phenoxy) is 1. The van der Waals surface area contributed by atoms with E-state index in [0.717, 1.165) is 51.7 Å². The number of hydrogen-bond donors (Lipinski definition) is 0. The van der Waals surface area contributed by atoms with Crippen molar-refractivity contribution in [2.45, 2.75) is 19.9 Å². The number of nitrogens with zero attached hydrogens (tertiary/aromatic N) is 2. The number of fused-ring (bicyclic) bond motifs is 1. The van der Waals surface area contributed by atoms with Gasteiger partial charge in [-0.3, -0.25) is 0 Å². The van der Waals surface area contributed by atoms with Gasteiger partial charge >= 0.3 is 0 Å². The second kappa shape index (κ2) is 7.85. The van der Waals surface area contributed by atoms with Crippen LogP contribution in [0.15, 0.2) is 72.8 Å². The van der Waals surface area contributed by atoms with Gasteiger partial charge in [-0.1, -0.05) is 41.9 Å². The highest BCUT2D eigenvalue weighted by molar-refractivity contribution is 6.30. The van der Waals surface area contributed by atoms with Crippen molar-refractivity contribution in [1.82, 2.24) is 9.55 Å². The van der Waals surface area contributed by atoms with Gasteiger partial charge in [0.2, 0.25) is 0 Å². The topological polar surface area (TPSA) is 27.1 Å². The predicted molar refractivity (Wildman–Crippen MR) is 111 cm³/mol. The van der Waals surface area contributed by atoms with Gasteiger partial charge in [-0.2, -0.15) is 0 Å². The highest BCUT2D eigenvalue weighted by Gasteiger charge is 2.12. The van der Waals surface area contributed by atoms with E-state index in [0.29, 0.717) is 6.61 Å². The summed E-state index contributed by atoms with van der Waals surface area (Å²) in [5.74, 6) is 1.91. The third-order valence-electron chi connectivity index (χ3n) is 4.63. The van der Waals surface area contributed by atoms with Crippen LogP contribution in [0.3, 0.4) is 0 Å². The molecule has 0 fully saturated rings. The molecule has 1 heterocycles. The van der Waals surface area contributed by atoms with Gasteiger partial charge in [0.15, 0.2) is 0 Å². The fourth-order valence-corrected chi connectivity index (χ4v) is 3.37. The van der Waals surface area contributed by atoms with Gasteiger partial charge < -0.3 is 9.30 Å². The van der Waals surface area contributed by atoms with Crippen LogP contribution < -0.4 is 4.74 Å². The van der Waals surface area contributed by atoms with Crippen LogP contribution in [0.25, 0.3) is 22.4 Å². The third kappa shape index (κ3) is 3.83. The molecule has 1 aromatic heterocycles. The molecular weight excluding hydrogens is 356 g/mol. The minimum absolute atomic E-state index is 0.664. The van der Waals surface area contributed by atoms with Crippen molar-refractivity contribution in [2.75, 3.05) is 6.61 Å². The van der Waals surface area contributed by atoms with Gasteiger partial charge in [0.05, 0.1) is 17.6 Å². The Balaban J connectivity index is 1.56. The lowest BCUT2D eigenvalue weighted by atomic mass is 10.2. The molecular formula is C23H21ClN2O. The van der Waals surface area contributed by atoms with E-state index in [9.17, 15) is 0 Å². The Labute approximate surface area is 164 Å². The van der Waals surface area contributed by atoms with Crippen LogP contribution in [0.5, 0.6) is 5.75 Å². The summed E-state index contributed by atoms with van der Waals surface area (Å²) in [6.45, 7) is 3.57. The Morgan fingerprint density at radius 2 is 1.67 bits per heavy atom. The molecule has 0 unspecified atom stereocenters. The van der Waals surface area contributed by atoms with Crippen molar-refractivity contribution in [1.29, 1.82) is 0 Å². The first kappa shape index (κ1) is 17.6. The quantitative estimate of drug-likeness (QED) is 0.378. The van der Waals surface area contributed by atoms with E-state index in [1.165, 1.54) is 0 Å². The summed E-state index contributed by atoms with van der Waals surface area (Å²) in [6.07, 6.45) is 0.898. The molecule has 0 aliphatic carbocycles. The molecule has 0 atom stereocenters. The zero-order chi connectivity index (χ0) is 18.6. The average molecular weight is 377 g/mol. The van der Waals surface area contributed by atoms with E-state index >= 15 is 0 Å². The van der Waals surface area contributed by atoms with Crippen LogP contribution in [0.4, 0.5) is 0 Å². The van der Waals surface area contributed by atoms with Crippen LogP contribution in [0, 0.1) is 6.92 Å². The zero-order valence-corrected chi connectivity index (χ0v) is 16.0. The summed E-state index contributed by atoms with van der Waals surface area (Å²) in [6, 6.07) is 24.2. The third-order valence-corrected chi connectivity index (χ3v) is 4.89. The largest absolute Gasteiger partial charge is 0.493 e. The molecule has 0 aliphatic heterocycles. The molecule has 0 saturated carbocycles. The Morgan fingerprint density at radius 1 is 0.926 bits per heavy atom. The molecule has 4 heteroatoms. The maximum Gasteiger partial charge on any atom is 0.141 e. The first-order valence-electron chi connectivity index (χ1n) is 9.12. The maximum absolute atomic E-state index is 6.05. The zero-order valence-electron chi connectivity index (χ0n) is 15.2. The molecule has 3 nitrogen and oxygen atoms in total. The van der Waals surface area contributed by atoms with E-state index in [1.807, 2.05) is 48.5 Å². The van der Waals surface area contributed by atoms with Gasteiger partial charge in [-0.25, -0.2) is 4.98 Å². The second-order valence-electron chi connectivity index (χ2n) is 6.55. The summed E-state index contributed by atoms with van der Waals surface area (Å²) in [5.41, 5.74) is 4.36. The van der Waals surface area contributed by atoms with E-state index in [2.05, 4.69) is 35.8 Å². The van der Waals surface area contributed by atoms with Gasteiger partial charge in [0.25, 0.3) is 0 Å². The van der Waals surface area contributed by atoms with E-state index in [1.54, 1.807) is 0 Å². The molecule has 0 bridgehead atoms. The van der Waals surface area contributed by atoms with Crippen molar-refractivity contribution in [3.8, 4) is 17.1 Å². The summed E-state index contributed by atoms with van der Waals surface area (Å²) < 4.78 is 8.22. The standard InChI is InChI=1S/C23H21ClN2O/c1-17-7-2-5-10-22(17)27-16-6-15-26-21-9-4-3-8-20(21)25-23(26)18-11-13-19(24)14-12-18/h2-5,7-14H,6,15-16H2,1H3. The number of aromatic nitrogens is 2. The first-order chi connectivity index (χ1) is 13.2. The van der Waals surface area contributed by atoms with Gasteiger partial charge in [-0.15, -0.1) is 0 Å². The number of imidazole rings is 1. The molecule has 0 spiro atoms. The average Bonchev–Trinajstić information content (AvgIpc) is 3.06. The summed E-state index contributed by atoms with van der Waals surface area (Å²) in [5, 5.41) is 0.730. The van der Waals surface area contributed by atoms with Crippen LogP contribution in [0.2, 0.25) is 5.02 Å². The predicted octanol–water partition coefficient (Wildman–Crippen LogP) is 6.13. The second-order valence-corrected chi connectivity index (χ2v) is 6.99. The summed E-state index contributed by atoms with van der Waals surface area (Å²) >= 11 is 6.05. The Hall–Kier alpha value is -2.78. The lowest BCUT2D eigenvalue weighted by Gasteiger charge is -2.12. The number of hydrogen-bond acceptors (Lipinski definition) is 2. The van der Waals surface area contributed by atoms with Crippen LogP contribution >= 0.6 is 11.6 Å². The van der Waals surface area contributed by atoms with E-state index in [-0.39, 0.29) is 0 Å². The lowest BCUT2D eigenvalue weighted by Crippen LogP contribution is -2.06. The van der Waals surface area contributed by atoms with E-state index < -0.39 is 0 Å². The minimum Gasteiger partial charge on any atom is -0.493 e. The molecule has 136 valence electrons. The van der Waals surface area contributed by atoms with Crippen molar-refractivity contribution in [2.24, 2.45) is 0 Å². The molecule has 3 aromatic carbocycles. The van der Waals surface area contributed by atoms with Crippen LogP contribution in [0.1, 0.15) is 12.0 Å². The SMILES string of the molecule is Cc1ccccc1OCCCn1c(-c2ccc(Cl)cc2)nc2ccccc21. The number of rotatable bonds is 6. The Bertz CT molecular complexity index is 1050. The lowest BCUT2D eigenvalue weighted by molar-refractivity contribution is 0.301. The summed E-state index contributed by atoms with van der Waals surface area (Å²) in [7, 11) is 0. The fraction of sp³-hybridized carbons (Fsp3) is 0.174. The number of aryl methyl sites for hydroxylation is 2. The molecule has 0 radical (unpaired) electrons. The summed E-state index contributed by atoms with van der Waals surface area (Å²) in [4.78, 5) is 4.84. The van der Waals surface area contributed by atoms with Crippen molar-refractivity contribution in [3.63, 3.8) is 0 Å². The van der Waals surface area contributed by atoms with Crippen LogP contribution in [-0.4, -0.2) is 16.2 Å². The molecule has 4 rings (SSSR count). The van der Waals surface area contributed by atoms with Crippen molar-refractivity contribution < 1.29 is 4.74 Å². The Kier molecular flexibility index (Phi) is 5.12. The fourth-order valence-electron chi connectivity index (χ4n) is 3.24. The highest BCUT2D eigenvalue weighted by Crippen LogP contribution is 2.26. The molecule has 0 saturated heterocycles. The van der Waals surface area contributed by atoms with E-state index in [4.69, 9.17) is 21.3 Å². The smallest absolute Gasteiger partial charge is 0.141 e. The van der Waals surface area contributed by atoms with Gasteiger partial charge in [0, 0.05) is 17.1 Å². The number of benzene rings is 3. The van der Waals surface area contributed by atoms with Crippen molar-refractivity contribution >= 4 is 22.6 Å². The molecule has 27 heavy (non-hydrogen) atoms. The number of halogens is 1.